The van der Waals surface area contributed by atoms with Crippen molar-refractivity contribution < 1.29 is 27.0 Å². The highest BCUT2D eigenvalue weighted by atomic mass is 32.2. The summed E-state index contributed by atoms with van der Waals surface area (Å²) in [5.74, 6) is 0.403. The van der Waals surface area contributed by atoms with Crippen molar-refractivity contribution in [3.63, 3.8) is 0 Å². The Labute approximate surface area is 215 Å². The summed E-state index contributed by atoms with van der Waals surface area (Å²) >= 11 is 0. The minimum Gasteiger partial charge on any atom is -0.488 e. The Morgan fingerprint density at radius 3 is 2.57 bits per heavy atom. The lowest BCUT2D eigenvalue weighted by Crippen LogP contribution is -2.31. The quantitative estimate of drug-likeness (QED) is 0.449. The van der Waals surface area contributed by atoms with E-state index >= 15 is 0 Å². The molecule has 0 atom stereocenters. The van der Waals surface area contributed by atoms with E-state index < -0.39 is 15.7 Å². The average Bonchev–Trinajstić information content (AvgIpc) is 2.88. The van der Waals surface area contributed by atoms with E-state index in [1.54, 1.807) is 12.3 Å². The van der Waals surface area contributed by atoms with E-state index in [1.807, 2.05) is 0 Å². The lowest BCUT2D eigenvalue weighted by atomic mass is 10.1. The fourth-order valence-electron chi connectivity index (χ4n) is 4.87. The Balaban J connectivity index is 1.68. The second-order valence-corrected chi connectivity index (χ2v) is 11.8. The van der Waals surface area contributed by atoms with Gasteiger partial charge in [0.25, 0.3) is 0 Å². The zero-order chi connectivity index (χ0) is 26.0. The van der Waals surface area contributed by atoms with Crippen LogP contribution in [0.2, 0.25) is 0 Å². The van der Waals surface area contributed by atoms with E-state index in [4.69, 9.17) is 24.2 Å². The molecule has 2 aliphatic heterocycles. The molecule has 0 N–H and O–H groups in total. The van der Waals surface area contributed by atoms with E-state index in [2.05, 4.69) is 9.88 Å². The molecule has 2 aliphatic rings. The summed E-state index contributed by atoms with van der Waals surface area (Å²) in [4.78, 5) is 16.2. The smallest absolute Gasteiger partial charge is 0.226 e. The SMILES string of the molecule is COc1ncc(-c2nc(N3CCCCC3)nc3c(OC4CCOCC4)cc(F)cc23)cc1CS(C)(=O)=O. The van der Waals surface area contributed by atoms with Crippen molar-refractivity contribution in [3.8, 4) is 22.9 Å². The zero-order valence-electron chi connectivity index (χ0n) is 21.1. The number of pyridine rings is 1. The summed E-state index contributed by atoms with van der Waals surface area (Å²) in [6.07, 6.45) is 7.27. The predicted molar refractivity (Wildman–Crippen MR) is 138 cm³/mol. The summed E-state index contributed by atoms with van der Waals surface area (Å²) in [6, 6.07) is 4.45. The number of nitrogens with zero attached hydrogens (tertiary/aromatic N) is 4. The van der Waals surface area contributed by atoms with Gasteiger partial charge >= 0.3 is 0 Å². The molecule has 0 unspecified atom stereocenters. The fraction of sp³-hybridized carbons (Fsp3) is 0.500. The second kappa shape index (κ2) is 10.7. The third kappa shape index (κ3) is 5.93. The minimum absolute atomic E-state index is 0.0976. The number of piperidine rings is 1. The summed E-state index contributed by atoms with van der Waals surface area (Å²) in [5, 5.41) is 0.472. The van der Waals surface area contributed by atoms with Gasteiger partial charge in [0.05, 0.1) is 31.8 Å². The van der Waals surface area contributed by atoms with Gasteiger partial charge in [0, 0.05) is 61.0 Å². The molecule has 2 aromatic heterocycles. The lowest BCUT2D eigenvalue weighted by molar-refractivity contribution is 0.0260. The number of fused-ring (bicyclic) bond motifs is 1. The van der Waals surface area contributed by atoms with Gasteiger partial charge in [-0.05, 0) is 31.4 Å². The lowest BCUT2D eigenvalue weighted by Gasteiger charge is -2.28. The first kappa shape index (κ1) is 25.6. The molecule has 0 saturated carbocycles. The minimum atomic E-state index is -3.36. The van der Waals surface area contributed by atoms with E-state index in [9.17, 15) is 12.8 Å². The van der Waals surface area contributed by atoms with Crippen LogP contribution in [-0.4, -0.2) is 69.1 Å². The van der Waals surface area contributed by atoms with Crippen LogP contribution in [0.5, 0.6) is 11.6 Å². The van der Waals surface area contributed by atoms with Crippen LogP contribution in [0, 0.1) is 5.82 Å². The van der Waals surface area contributed by atoms with Crippen LogP contribution in [0.25, 0.3) is 22.2 Å². The molecule has 37 heavy (non-hydrogen) atoms. The molecular formula is C26H31FN4O5S. The molecule has 0 spiro atoms. The molecule has 0 amide bonds. The van der Waals surface area contributed by atoms with Crippen molar-refractivity contribution >= 4 is 26.7 Å². The van der Waals surface area contributed by atoms with Gasteiger partial charge in [-0.25, -0.2) is 27.8 Å². The number of anilines is 1. The van der Waals surface area contributed by atoms with Crippen molar-refractivity contribution in [1.29, 1.82) is 0 Å². The standard InChI is InChI=1S/C26H31FN4O5S/c1-34-25-18(16-37(2,32)33)12-17(15-28-25)23-21-13-19(27)14-22(36-20-6-10-35-11-7-20)24(21)30-26(29-23)31-8-4-3-5-9-31/h12-15,20H,3-11,16H2,1-2H3. The van der Waals surface area contributed by atoms with Gasteiger partial charge < -0.3 is 19.1 Å². The van der Waals surface area contributed by atoms with E-state index in [0.29, 0.717) is 65.5 Å². The number of aromatic nitrogens is 3. The molecule has 0 radical (unpaired) electrons. The molecule has 2 fully saturated rings. The number of methoxy groups -OCH3 is 1. The summed E-state index contributed by atoms with van der Waals surface area (Å²) in [5.41, 5.74) is 1.93. The van der Waals surface area contributed by atoms with E-state index in [0.717, 1.165) is 38.6 Å². The first-order valence-corrected chi connectivity index (χ1v) is 14.6. The van der Waals surface area contributed by atoms with Crippen molar-refractivity contribution in [2.75, 3.05) is 44.6 Å². The van der Waals surface area contributed by atoms with Gasteiger partial charge in [0.1, 0.15) is 23.2 Å². The monoisotopic (exact) mass is 530 g/mol. The molecule has 0 bridgehead atoms. The summed E-state index contributed by atoms with van der Waals surface area (Å²) in [7, 11) is -1.92. The molecule has 4 heterocycles. The van der Waals surface area contributed by atoms with Crippen LogP contribution in [-0.2, 0) is 20.3 Å². The second-order valence-electron chi connectivity index (χ2n) is 9.61. The molecule has 198 valence electrons. The maximum Gasteiger partial charge on any atom is 0.226 e. The van der Waals surface area contributed by atoms with Crippen LogP contribution < -0.4 is 14.4 Å². The first-order valence-electron chi connectivity index (χ1n) is 12.5. The van der Waals surface area contributed by atoms with Crippen molar-refractivity contribution in [2.45, 2.75) is 44.0 Å². The van der Waals surface area contributed by atoms with Crippen LogP contribution in [0.3, 0.4) is 0 Å². The number of sulfone groups is 1. The van der Waals surface area contributed by atoms with Gasteiger partial charge in [-0.3, -0.25) is 0 Å². The number of hydrogen-bond donors (Lipinski definition) is 0. The Hall–Kier alpha value is -3.05. The molecule has 2 saturated heterocycles. The van der Waals surface area contributed by atoms with Gasteiger partial charge in [-0.15, -0.1) is 0 Å². The van der Waals surface area contributed by atoms with Crippen LogP contribution >= 0.6 is 0 Å². The molecule has 3 aromatic rings. The highest BCUT2D eigenvalue weighted by Crippen LogP contribution is 2.36. The maximum absolute atomic E-state index is 14.9. The van der Waals surface area contributed by atoms with E-state index in [-0.39, 0.29) is 17.7 Å². The fourth-order valence-corrected chi connectivity index (χ4v) is 5.64. The first-order chi connectivity index (χ1) is 17.8. The summed E-state index contributed by atoms with van der Waals surface area (Å²) in [6.45, 7) is 2.83. The number of halogens is 1. The topological polar surface area (TPSA) is 104 Å². The molecule has 11 heteroatoms. The highest BCUT2D eigenvalue weighted by Gasteiger charge is 2.23. The van der Waals surface area contributed by atoms with Crippen molar-refractivity contribution in [2.24, 2.45) is 0 Å². The van der Waals surface area contributed by atoms with Crippen molar-refractivity contribution in [1.82, 2.24) is 15.0 Å². The van der Waals surface area contributed by atoms with Gasteiger partial charge in [0.2, 0.25) is 11.8 Å². The van der Waals surface area contributed by atoms with Gasteiger partial charge in [-0.1, -0.05) is 0 Å². The molecule has 1 aromatic carbocycles. The zero-order valence-corrected chi connectivity index (χ0v) is 21.9. The van der Waals surface area contributed by atoms with Gasteiger partial charge in [-0.2, -0.15) is 0 Å². The van der Waals surface area contributed by atoms with Crippen LogP contribution in [0.1, 0.15) is 37.7 Å². The number of benzene rings is 1. The predicted octanol–water partition coefficient (Wildman–Crippen LogP) is 3.93. The summed E-state index contributed by atoms with van der Waals surface area (Å²) < 4.78 is 56.1. The molecule has 9 nitrogen and oxygen atoms in total. The van der Waals surface area contributed by atoms with E-state index in [1.165, 1.54) is 19.2 Å². The Morgan fingerprint density at radius 1 is 1.11 bits per heavy atom. The molecule has 5 rings (SSSR count). The Morgan fingerprint density at radius 2 is 1.86 bits per heavy atom. The third-order valence-electron chi connectivity index (χ3n) is 6.63. The van der Waals surface area contributed by atoms with Crippen LogP contribution in [0.15, 0.2) is 24.4 Å². The molecular weight excluding hydrogens is 499 g/mol. The van der Waals surface area contributed by atoms with Crippen molar-refractivity contribution in [3.05, 3.63) is 35.8 Å². The number of rotatable bonds is 7. The normalized spacial score (nSPS) is 17.2. The Kier molecular flexibility index (Phi) is 7.43. The molecule has 0 aliphatic carbocycles. The Bertz CT molecular complexity index is 1390. The van der Waals surface area contributed by atoms with Crippen LogP contribution in [0.4, 0.5) is 10.3 Å². The number of hydrogen-bond acceptors (Lipinski definition) is 9. The largest absolute Gasteiger partial charge is 0.488 e. The highest BCUT2D eigenvalue weighted by molar-refractivity contribution is 7.89. The maximum atomic E-state index is 14.9. The van der Waals surface area contributed by atoms with Gasteiger partial charge in [0.15, 0.2) is 9.84 Å². The third-order valence-corrected chi connectivity index (χ3v) is 7.46. The average molecular weight is 531 g/mol. The number of ether oxygens (including phenoxy) is 3.